The Kier molecular flexibility index (Phi) is 5.14. The van der Waals surface area contributed by atoms with Gasteiger partial charge in [0.2, 0.25) is 5.91 Å². The number of nitrogens with zero attached hydrogens (tertiary/aromatic N) is 4. The zero-order valence-corrected chi connectivity index (χ0v) is 15.5. The summed E-state index contributed by atoms with van der Waals surface area (Å²) in [5.41, 5.74) is 1.64. The number of nitrogens with one attached hydrogen (secondary N) is 1. The molecule has 3 aromatic rings. The lowest BCUT2D eigenvalue weighted by molar-refractivity contribution is -0.115. The highest BCUT2D eigenvalue weighted by Gasteiger charge is 2.20. The maximum absolute atomic E-state index is 13.1. The summed E-state index contributed by atoms with van der Waals surface area (Å²) in [6, 6.07) is 6.05. The molecule has 1 aromatic carbocycles. The van der Waals surface area contributed by atoms with Crippen molar-refractivity contribution in [2.75, 3.05) is 5.32 Å². The molecule has 0 aliphatic carbocycles. The Morgan fingerprint density at radius 3 is 2.68 bits per heavy atom. The van der Waals surface area contributed by atoms with Crippen molar-refractivity contribution in [2.24, 2.45) is 7.05 Å². The molecule has 2 aromatic heterocycles. The smallest absolute Gasteiger partial charge is 0.239 e. The van der Waals surface area contributed by atoms with Crippen LogP contribution in [-0.2, 0) is 11.8 Å². The minimum absolute atomic E-state index is 0.148. The second-order valence-electron chi connectivity index (χ2n) is 5.42. The molecule has 3 rings (SSSR count). The highest BCUT2D eigenvalue weighted by Crippen LogP contribution is 2.26. The molecule has 6 nitrogen and oxygen atoms in total. The number of hydrogen-bond donors (Lipinski definition) is 1. The van der Waals surface area contributed by atoms with Crippen LogP contribution in [0.25, 0.3) is 11.4 Å². The lowest BCUT2D eigenvalue weighted by Crippen LogP contribution is -2.22. The number of thiazole rings is 1. The van der Waals surface area contributed by atoms with E-state index in [4.69, 9.17) is 0 Å². The Labute approximate surface area is 152 Å². The molecule has 25 heavy (non-hydrogen) atoms. The largest absolute Gasteiger partial charge is 0.305 e. The van der Waals surface area contributed by atoms with E-state index in [9.17, 15) is 9.18 Å². The number of amides is 1. The van der Waals surface area contributed by atoms with Gasteiger partial charge in [0.15, 0.2) is 16.1 Å². The predicted octanol–water partition coefficient (Wildman–Crippen LogP) is 3.51. The van der Waals surface area contributed by atoms with Crippen LogP contribution in [0.2, 0.25) is 0 Å². The van der Waals surface area contributed by atoms with Gasteiger partial charge in [-0.25, -0.2) is 9.37 Å². The number of benzene rings is 1. The van der Waals surface area contributed by atoms with E-state index in [0.717, 1.165) is 11.3 Å². The summed E-state index contributed by atoms with van der Waals surface area (Å²) < 4.78 is 14.8. The van der Waals surface area contributed by atoms with Crippen molar-refractivity contribution in [1.29, 1.82) is 0 Å². The highest BCUT2D eigenvalue weighted by atomic mass is 32.2. The molecular formula is C16H16FN5OS2. The lowest BCUT2D eigenvalue weighted by atomic mass is 10.2. The van der Waals surface area contributed by atoms with E-state index >= 15 is 0 Å². The second kappa shape index (κ2) is 7.32. The molecule has 0 aliphatic rings. The number of rotatable bonds is 5. The number of thioether (sulfide) groups is 1. The quantitative estimate of drug-likeness (QED) is 0.689. The maximum atomic E-state index is 13.1. The Morgan fingerprint density at radius 2 is 2.04 bits per heavy atom. The predicted molar refractivity (Wildman–Crippen MR) is 97.2 cm³/mol. The molecule has 0 fully saturated rings. The van der Waals surface area contributed by atoms with E-state index in [1.54, 1.807) is 23.6 Å². The van der Waals surface area contributed by atoms with Gasteiger partial charge in [0, 0.05) is 18.0 Å². The Hall–Kier alpha value is -2.26. The SMILES string of the molecule is Cc1csc(NC(=O)C(C)Sc2nnc(-c3ccc(F)cc3)n2C)n1. The first-order chi connectivity index (χ1) is 11.9. The van der Waals surface area contributed by atoms with Gasteiger partial charge >= 0.3 is 0 Å². The fraction of sp³-hybridized carbons (Fsp3) is 0.250. The van der Waals surface area contributed by atoms with Gasteiger partial charge in [0.1, 0.15) is 5.82 Å². The van der Waals surface area contributed by atoms with Gasteiger partial charge in [-0.3, -0.25) is 4.79 Å². The fourth-order valence-electron chi connectivity index (χ4n) is 2.10. The average Bonchev–Trinajstić information content (AvgIpc) is 3.15. The van der Waals surface area contributed by atoms with Crippen molar-refractivity contribution in [3.8, 4) is 11.4 Å². The summed E-state index contributed by atoms with van der Waals surface area (Å²) in [6.07, 6.45) is 0. The normalized spacial score (nSPS) is 12.2. The number of hydrogen-bond acceptors (Lipinski definition) is 6. The van der Waals surface area contributed by atoms with Gasteiger partial charge in [-0.05, 0) is 38.1 Å². The second-order valence-corrected chi connectivity index (χ2v) is 7.58. The van der Waals surface area contributed by atoms with Crippen molar-refractivity contribution < 1.29 is 9.18 Å². The highest BCUT2D eigenvalue weighted by molar-refractivity contribution is 8.00. The van der Waals surface area contributed by atoms with Crippen molar-refractivity contribution >= 4 is 34.1 Å². The van der Waals surface area contributed by atoms with Gasteiger partial charge in [0.05, 0.1) is 10.9 Å². The van der Waals surface area contributed by atoms with Crippen LogP contribution in [0, 0.1) is 12.7 Å². The standard InChI is InChI=1S/C16H16FN5OS2/c1-9-8-24-15(18-9)19-14(23)10(2)25-16-21-20-13(22(16)3)11-4-6-12(17)7-5-11/h4-8,10H,1-3H3,(H,18,19,23). The number of anilines is 1. The van der Waals surface area contributed by atoms with Crippen molar-refractivity contribution in [3.05, 3.63) is 41.2 Å². The third-order valence-electron chi connectivity index (χ3n) is 3.44. The van der Waals surface area contributed by atoms with E-state index in [-0.39, 0.29) is 17.0 Å². The van der Waals surface area contributed by atoms with Crippen LogP contribution in [0.4, 0.5) is 9.52 Å². The van der Waals surface area contributed by atoms with E-state index in [1.807, 2.05) is 19.4 Å². The molecule has 1 atom stereocenters. The molecule has 0 radical (unpaired) electrons. The summed E-state index contributed by atoms with van der Waals surface area (Å²) >= 11 is 2.69. The molecule has 2 heterocycles. The first-order valence-corrected chi connectivity index (χ1v) is 9.25. The zero-order valence-electron chi connectivity index (χ0n) is 13.9. The number of halogens is 1. The summed E-state index contributed by atoms with van der Waals surface area (Å²) in [7, 11) is 1.82. The van der Waals surface area contributed by atoms with Crippen LogP contribution in [0.5, 0.6) is 0 Å². The molecule has 1 unspecified atom stereocenters. The topological polar surface area (TPSA) is 72.7 Å². The van der Waals surface area contributed by atoms with Crippen LogP contribution >= 0.6 is 23.1 Å². The fourth-order valence-corrected chi connectivity index (χ4v) is 3.60. The molecule has 0 aliphatic heterocycles. The number of carbonyl (C=O) groups is 1. The van der Waals surface area contributed by atoms with Crippen LogP contribution in [0.15, 0.2) is 34.8 Å². The van der Waals surface area contributed by atoms with Crippen LogP contribution in [0.1, 0.15) is 12.6 Å². The number of carbonyl (C=O) groups excluding carboxylic acids is 1. The Morgan fingerprint density at radius 1 is 1.32 bits per heavy atom. The minimum Gasteiger partial charge on any atom is -0.305 e. The van der Waals surface area contributed by atoms with Gasteiger partial charge in [-0.15, -0.1) is 21.5 Å². The molecule has 130 valence electrons. The van der Waals surface area contributed by atoms with Gasteiger partial charge in [-0.1, -0.05) is 11.8 Å². The van der Waals surface area contributed by atoms with E-state index < -0.39 is 0 Å². The van der Waals surface area contributed by atoms with Gasteiger partial charge in [0.25, 0.3) is 0 Å². The minimum atomic E-state index is -0.367. The van der Waals surface area contributed by atoms with Crippen molar-refractivity contribution in [1.82, 2.24) is 19.7 Å². The monoisotopic (exact) mass is 377 g/mol. The summed E-state index contributed by atoms with van der Waals surface area (Å²) in [5, 5.41) is 13.8. The average molecular weight is 377 g/mol. The molecule has 9 heteroatoms. The molecule has 0 saturated heterocycles. The molecular weight excluding hydrogens is 361 g/mol. The van der Waals surface area contributed by atoms with E-state index in [2.05, 4.69) is 20.5 Å². The van der Waals surface area contributed by atoms with Crippen molar-refractivity contribution in [2.45, 2.75) is 24.3 Å². The van der Waals surface area contributed by atoms with Crippen LogP contribution in [-0.4, -0.2) is 30.9 Å². The molecule has 1 N–H and O–H groups in total. The summed E-state index contributed by atoms with van der Waals surface area (Å²) in [5.74, 6) is 0.166. The van der Waals surface area contributed by atoms with E-state index in [0.29, 0.717) is 16.1 Å². The van der Waals surface area contributed by atoms with Crippen molar-refractivity contribution in [3.63, 3.8) is 0 Å². The third kappa shape index (κ3) is 4.05. The Balaban J connectivity index is 1.70. The zero-order chi connectivity index (χ0) is 18.0. The molecule has 0 bridgehead atoms. The van der Waals surface area contributed by atoms with Gasteiger partial charge in [-0.2, -0.15) is 0 Å². The lowest BCUT2D eigenvalue weighted by Gasteiger charge is -2.10. The number of aromatic nitrogens is 4. The number of aryl methyl sites for hydroxylation is 1. The first-order valence-electron chi connectivity index (χ1n) is 7.49. The third-order valence-corrected chi connectivity index (χ3v) is 5.45. The summed E-state index contributed by atoms with van der Waals surface area (Å²) in [4.78, 5) is 16.5. The molecule has 1 amide bonds. The summed E-state index contributed by atoms with van der Waals surface area (Å²) in [6.45, 7) is 3.67. The first kappa shape index (κ1) is 17.6. The van der Waals surface area contributed by atoms with E-state index in [1.165, 1.54) is 35.2 Å². The van der Waals surface area contributed by atoms with Crippen LogP contribution in [0.3, 0.4) is 0 Å². The van der Waals surface area contributed by atoms with Crippen LogP contribution < -0.4 is 5.32 Å². The van der Waals surface area contributed by atoms with Gasteiger partial charge < -0.3 is 9.88 Å². The molecule has 0 spiro atoms. The Bertz CT molecular complexity index is 890. The molecule has 0 saturated carbocycles. The maximum Gasteiger partial charge on any atom is 0.239 e.